The minimum absolute atomic E-state index is 0.402. The maximum atomic E-state index is 5.74. The highest BCUT2D eigenvalue weighted by Gasteiger charge is 2.38. The average molecular weight is 198 g/mol. The Morgan fingerprint density at radius 1 is 1.29 bits per heavy atom. The molecular formula is C11H22N2O. The second kappa shape index (κ2) is 4.17. The number of nitrogens with two attached hydrogens (primary N) is 1. The van der Waals surface area contributed by atoms with Crippen LogP contribution in [0.1, 0.15) is 26.2 Å². The topological polar surface area (TPSA) is 38.5 Å². The van der Waals surface area contributed by atoms with Crippen LogP contribution >= 0.6 is 0 Å². The number of rotatable bonds is 3. The van der Waals surface area contributed by atoms with Gasteiger partial charge in [-0.15, -0.1) is 0 Å². The van der Waals surface area contributed by atoms with Gasteiger partial charge >= 0.3 is 0 Å². The lowest BCUT2D eigenvalue weighted by atomic mass is 9.78. The number of ether oxygens (including phenoxy) is 1. The second-order valence-corrected chi connectivity index (χ2v) is 4.74. The van der Waals surface area contributed by atoms with Crippen molar-refractivity contribution in [1.29, 1.82) is 0 Å². The van der Waals surface area contributed by atoms with Crippen LogP contribution in [0.2, 0.25) is 0 Å². The van der Waals surface area contributed by atoms with Gasteiger partial charge in [0.05, 0.1) is 6.10 Å². The third kappa shape index (κ3) is 1.69. The molecule has 82 valence electrons. The Morgan fingerprint density at radius 2 is 2.07 bits per heavy atom. The first-order chi connectivity index (χ1) is 6.74. The maximum absolute atomic E-state index is 5.74. The SMILES string of the molecule is CC1OCCC1N(C)C1CCC1CN. The van der Waals surface area contributed by atoms with E-state index in [0.29, 0.717) is 18.2 Å². The molecule has 4 unspecified atom stereocenters. The Morgan fingerprint density at radius 3 is 2.50 bits per heavy atom. The Kier molecular flexibility index (Phi) is 3.10. The molecule has 1 aliphatic carbocycles. The molecule has 1 saturated heterocycles. The fourth-order valence-electron chi connectivity index (χ4n) is 2.86. The van der Waals surface area contributed by atoms with Crippen LogP contribution in [0.15, 0.2) is 0 Å². The first kappa shape index (κ1) is 10.4. The van der Waals surface area contributed by atoms with Gasteiger partial charge in [0.2, 0.25) is 0 Å². The van der Waals surface area contributed by atoms with Crippen molar-refractivity contribution in [1.82, 2.24) is 4.90 Å². The van der Waals surface area contributed by atoms with Crippen molar-refractivity contribution in [2.45, 2.75) is 44.4 Å². The third-order valence-corrected chi connectivity index (χ3v) is 4.06. The van der Waals surface area contributed by atoms with Crippen molar-refractivity contribution in [3.63, 3.8) is 0 Å². The summed E-state index contributed by atoms with van der Waals surface area (Å²) in [5.74, 6) is 0.729. The Hall–Kier alpha value is -0.120. The summed E-state index contributed by atoms with van der Waals surface area (Å²) in [5.41, 5.74) is 5.74. The number of nitrogens with zero attached hydrogens (tertiary/aromatic N) is 1. The normalized spacial score (nSPS) is 42.9. The van der Waals surface area contributed by atoms with Gasteiger partial charge in [0.25, 0.3) is 0 Å². The average Bonchev–Trinajstić information content (AvgIpc) is 2.50. The molecule has 0 aromatic rings. The van der Waals surface area contributed by atoms with E-state index in [1.807, 2.05) is 0 Å². The van der Waals surface area contributed by atoms with Crippen LogP contribution in [-0.2, 0) is 4.74 Å². The largest absolute Gasteiger partial charge is 0.377 e. The zero-order chi connectivity index (χ0) is 10.1. The number of likely N-dealkylation sites (N-methyl/N-ethyl adjacent to an activating group) is 1. The van der Waals surface area contributed by atoms with Gasteiger partial charge in [-0.3, -0.25) is 4.90 Å². The molecule has 0 aromatic carbocycles. The van der Waals surface area contributed by atoms with E-state index >= 15 is 0 Å². The second-order valence-electron chi connectivity index (χ2n) is 4.74. The van der Waals surface area contributed by atoms with E-state index < -0.39 is 0 Å². The summed E-state index contributed by atoms with van der Waals surface area (Å²) in [7, 11) is 2.24. The van der Waals surface area contributed by atoms with E-state index in [0.717, 1.165) is 19.1 Å². The van der Waals surface area contributed by atoms with Crippen LogP contribution in [0.4, 0.5) is 0 Å². The molecule has 1 heterocycles. The van der Waals surface area contributed by atoms with Gasteiger partial charge < -0.3 is 10.5 Å². The molecule has 2 fully saturated rings. The number of hydrogen-bond donors (Lipinski definition) is 1. The van der Waals surface area contributed by atoms with E-state index in [9.17, 15) is 0 Å². The van der Waals surface area contributed by atoms with E-state index in [1.54, 1.807) is 0 Å². The Balaban J connectivity index is 1.90. The molecule has 3 nitrogen and oxygen atoms in total. The van der Waals surface area contributed by atoms with Crippen LogP contribution in [0.25, 0.3) is 0 Å². The lowest BCUT2D eigenvalue weighted by Gasteiger charge is -2.45. The smallest absolute Gasteiger partial charge is 0.0703 e. The summed E-state index contributed by atoms with van der Waals surface area (Å²) in [6, 6.07) is 1.34. The van der Waals surface area contributed by atoms with Crippen LogP contribution in [-0.4, -0.2) is 43.3 Å². The molecule has 4 atom stereocenters. The molecule has 2 rings (SSSR count). The predicted octanol–water partition coefficient (Wildman–Crippen LogP) is 0.833. The molecule has 3 heteroatoms. The van der Waals surface area contributed by atoms with Gasteiger partial charge in [-0.1, -0.05) is 0 Å². The minimum Gasteiger partial charge on any atom is -0.377 e. The summed E-state index contributed by atoms with van der Waals surface area (Å²) in [4.78, 5) is 2.51. The zero-order valence-electron chi connectivity index (χ0n) is 9.28. The third-order valence-electron chi connectivity index (χ3n) is 4.06. The zero-order valence-corrected chi connectivity index (χ0v) is 9.28. The van der Waals surface area contributed by atoms with Crippen LogP contribution in [0.3, 0.4) is 0 Å². The fraction of sp³-hybridized carbons (Fsp3) is 1.00. The Labute approximate surface area is 86.6 Å². The summed E-state index contributed by atoms with van der Waals surface area (Å²) in [6.07, 6.45) is 4.22. The van der Waals surface area contributed by atoms with E-state index in [-0.39, 0.29) is 0 Å². The van der Waals surface area contributed by atoms with Gasteiger partial charge in [-0.25, -0.2) is 0 Å². The predicted molar refractivity (Wildman–Crippen MR) is 57.1 cm³/mol. The van der Waals surface area contributed by atoms with Crippen LogP contribution in [0.5, 0.6) is 0 Å². The van der Waals surface area contributed by atoms with Crippen LogP contribution < -0.4 is 5.73 Å². The van der Waals surface area contributed by atoms with E-state index in [1.165, 1.54) is 19.3 Å². The lowest BCUT2D eigenvalue weighted by Crippen LogP contribution is -2.53. The highest BCUT2D eigenvalue weighted by Crippen LogP contribution is 2.34. The molecule has 1 aliphatic heterocycles. The van der Waals surface area contributed by atoms with Crippen molar-refractivity contribution in [3.8, 4) is 0 Å². The molecule has 2 N–H and O–H groups in total. The molecule has 0 radical (unpaired) electrons. The first-order valence-electron chi connectivity index (χ1n) is 5.77. The summed E-state index contributed by atoms with van der Waals surface area (Å²) < 4.78 is 5.60. The molecular weight excluding hydrogens is 176 g/mol. The highest BCUT2D eigenvalue weighted by atomic mass is 16.5. The van der Waals surface area contributed by atoms with Crippen molar-refractivity contribution in [2.24, 2.45) is 11.7 Å². The van der Waals surface area contributed by atoms with Gasteiger partial charge in [-0.2, -0.15) is 0 Å². The van der Waals surface area contributed by atoms with E-state index in [2.05, 4.69) is 18.9 Å². The fourth-order valence-corrected chi connectivity index (χ4v) is 2.86. The van der Waals surface area contributed by atoms with Gasteiger partial charge in [0, 0.05) is 18.7 Å². The van der Waals surface area contributed by atoms with Crippen molar-refractivity contribution >= 4 is 0 Å². The van der Waals surface area contributed by atoms with Crippen LogP contribution in [0, 0.1) is 5.92 Å². The van der Waals surface area contributed by atoms with Crippen molar-refractivity contribution in [2.75, 3.05) is 20.2 Å². The highest BCUT2D eigenvalue weighted by molar-refractivity contribution is 4.93. The summed E-state index contributed by atoms with van der Waals surface area (Å²) >= 11 is 0. The van der Waals surface area contributed by atoms with Gasteiger partial charge in [0.1, 0.15) is 0 Å². The van der Waals surface area contributed by atoms with Gasteiger partial charge in [0.15, 0.2) is 0 Å². The lowest BCUT2D eigenvalue weighted by molar-refractivity contribution is 0.0191. The number of hydrogen-bond acceptors (Lipinski definition) is 3. The standard InChI is InChI=1S/C11H22N2O/c1-8-10(5-6-14-8)13(2)11-4-3-9(11)7-12/h8-11H,3-7,12H2,1-2H3. The summed E-state index contributed by atoms with van der Waals surface area (Å²) in [5, 5.41) is 0. The van der Waals surface area contributed by atoms with Crippen molar-refractivity contribution < 1.29 is 4.74 Å². The Bertz CT molecular complexity index is 196. The molecule has 0 aromatic heterocycles. The quantitative estimate of drug-likeness (QED) is 0.730. The molecule has 2 aliphatic rings. The van der Waals surface area contributed by atoms with E-state index in [4.69, 9.17) is 10.5 Å². The van der Waals surface area contributed by atoms with Gasteiger partial charge in [-0.05, 0) is 45.7 Å². The molecule has 0 amide bonds. The molecule has 14 heavy (non-hydrogen) atoms. The molecule has 0 spiro atoms. The first-order valence-corrected chi connectivity index (χ1v) is 5.77. The monoisotopic (exact) mass is 198 g/mol. The maximum Gasteiger partial charge on any atom is 0.0703 e. The minimum atomic E-state index is 0.402. The van der Waals surface area contributed by atoms with Crippen molar-refractivity contribution in [3.05, 3.63) is 0 Å². The summed E-state index contributed by atoms with van der Waals surface area (Å²) in [6.45, 7) is 3.96. The molecule has 1 saturated carbocycles. The molecule has 0 bridgehead atoms.